The highest BCUT2D eigenvalue weighted by Gasteiger charge is 2.26. The van der Waals surface area contributed by atoms with Crippen LogP contribution in [0.4, 0.5) is 10.8 Å². The highest BCUT2D eigenvalue weighted by molar-refractivity contribution is 7.22. The molecule has 0 aliphatic carbocycles. The molecule has 0 fully saturated rings. The standard InChI is InChI=1S/C20H21ClN4O3S/c1-12-10-14(21)11-17-18(12)22-20(29-17)24(9-8-23(3)4)19(26)15-6-5-7-16(13(15)2)25(27)28/h5-7,10-11H,8-9H2,1-4H3. The van der Waals surface area contributed by atoms with E-state index >= 15 is 0 Å². The van der Waals surface area contributed by atoms with Gasteiger partial charge < -0.3 is 4.90 Å². The lowest BCUT2D eigenvalue weighted by molar-refractivity contribution is -0.385. The van der Waals surface area contributed by atoms with Crippen LogP contribution in [-0.4, -0.2) is 47.9 Å². The van der Waals surface area contributed by atoms with E-state index in [-0.39, 0.29) is 11.6 Å². The maximum atomic E-state index is 13.4. The first-order valence-electron chi connectivity index (χ1n) is 8.96. The molecule has 1 heterocycles. The van der Waals surface area contributed by atoms with E-state index in [0.717, 1.165) is 15.8 Å². The summed E-state index contributed by atoms with van der Waals surface area (Å²) in [6, 6.07) is 8.22. The summed E-state index contributed by atoms with van der Waals surface area (Å²) in [5, 5.41) is 12.5. The van der Waals surface area contributed by atoms with Crippen LogP contribution in [0.1, 0.15) is 21.5 Å². The smallest absolute Gasteiger partial charge is 0.273 e. The molecule has 0 aliphatic heterocycles. The average molecular weight is 433 g/mol. The summed E-state index contributed by atoms with van der Waals surface area (Å²) in [5.74, 6) is -0.309. The van der Waals surface area contributed by atoms with E-state index in [1.165, 1.54) is 23.5 Å². The van der Waals surface area contributed by atoms with Crippen LogP contribution in [0.3, 0.4) is 0 Å². The predicted octanol–water partition coefficient (Wildman–Crippen LogP) is 4.68. The number of halogens is 1. The summed E-state index contributed by atoms with van der Waals surface area (Å²) in [5.41, 5.74) is 2.30. The molecule has 9 heteroatoms. The van der Waals surface area contributed by atoms with Crippen molar-refractivity contribution in [2.75, 3.05) is 32.1 Å². The number of aromatic nitrogens is 1. The monoisotopic (exact) mass is 432 g/mol. The normalized spacial score (nSPS) is 11.2. The molecule has 0 saturated carbocycles. The molecule has 0 N–H and O–H groups in total. The summed E-state index contributed by atoms with van der Waals surface area (Å²) in [6.45, 7) is 4.54. The Hall–Kier alpha value is -2.55. The van der Waals surface area contributed by atoms with Gasteiger partial charge in [-0.3, -0.25) is 19.8 Å². The highest BCUT2D eigenvalue weighted by atomic mass is 35.5. The molecule has 152 valence electrons. The molecular formula is C20H21ClN4O3S. The zero-order valence-corrected chi connectivity index (χ0v) is 18.2. The number of anilines is 1. The minimum absolute atomic E-state index is 0.0738. The van der Waals surface area contributed by atoms with E-state index in [4.69, 9.17) is 11.6 Å². The number of fused-ring (bicyclic) bond motifs is 1. The van der Waals surface area contributed by atoms with Gasteiger partial charge in [-0.05, 0) is 51.7 Å². The summed E-state index contributed by atoms with van der Waals surface area (Å²) in [6.07, 6.45) is 0. The van der Waals surface area contributed by atoms with E-state index in [1.807, 2.05) is 38.1 Å². The van der Waals surface area contributed by atoms with Gasteiger partial charge in [0, 0.05) is 35.3 Å². The Bertz CT molecular complexity index is 1100. The minimum atomic E-state index is -0.473. The van der Waals surface area contributed by atoms with Gasteiger partial charge in [0.2, 0.25) is 0 Å². The zero-order chi connectivity index (χ0) is 21.3. The van der Waals surface area contributed by atoms with Crippen molar-refractivity contribution in [3.63, 3.8) is 0 Å². The van der Waals surface area contributed by atoms with Crippen LogP contribution in [0.15, 0.2) is 30.3 Å². The number of hydrogen-bond donors (Lipinski definition) is 0. The number of carbonyl (C=O) groups excluding carboxylic acids is 1. The second-order valence-electron chi connectivity index (χ2n) is 7.03. The summed E-state index contributed by atoms with van der Waals surface area (Å²) < 4.78 is 0.892. The van der Waals surface area contributed by atoms with Gasteiger partial charge in [0.1, 0.15) is 0 Å². The number of carbonyl (C=O) groups is 1. The zero-order valence-electron chi connectivity index (χ0n) is 16.6. The number of aryl methyl sites for hydroxylation is 1. The quantitative estimate of drug-likeness (QED) is 0.417. The largest absolute Gasteiger partial charge is 0.308 e. The first-order valence-corrected chi connectivity index (χ1v) is 10.2. The Morgan fingerprint density at radius 3 is 2.62 bits per heavy atom. The number of rotatable bonds is 6. The van der Waals surface area contributed by atoms with E-state index in [9.17, 15) is 14.9 Å². The Balaban J connectivity index is 2.09. The maximum absolute atomic E-state index is 13.4. The first kappa shape index (κ1) is 21.2. The van der Waals surface area contributed by atoms with Crippen molar-refractivity contribution in [1.82, 2.24) is 9.88 Å². The predicted molar refractivity (Wildman–Crippen MR) is 117 cm³/mol. The van der Waals surface area contributed by atoms with Crippen LogP contribution in [0.5, 0.6) is 0 Å². The van der Waals surface area contributed by atoms with Crippen molar-refractivity contribution in [2.45, 2.75) is 13.8 Å². The van der Waals surface area contributed by atoms with Crippen LogP contribution in [0.25, 0.3) is 10.2 Å². The van der Waals surface area contributed by atoms with Gasteiger partial charge in [-0.25, -0.2) is 4.98 Å². The Morgan fingerprint density at radius 2 is 1.97 bits per heavy atom. The summed E-state index contributed by atoms with van der Waals surface area (Å²) >= 11 is 7.55. The molecule has 0 bridgehead atoms. The number of nitro benzene ring substituents is 1. The third-order valence-electron chi connectivity index (χ3n) is 4.62. The molecule has 3 rings (SSSR count). The van der Waals surface area contributed by atoms with Crippen molar-refractivity contribution in [3.05, 3.63) is 62.2 Å². The van der Waals surface area contributed by atoms with Gasteiger partial charge in [-0.15, -0.1) is 0 Å². The molecular weight excluding hydrogens is 412 g/mol. The molecule has 0 radical (unpaired) electrons. The number of hydrogen-bond acceptors (Lipinski definition) is 6. The first-order chi connectivity index (χ1) is 13.7. The number of nitrogens with zero attached hydrogens (tertiary/aromatic N) is 4. The van der Waals surface area contributed by atoms with Crippen LogP contribution in [0.2, 0.25) is 5.02 Å². The van der Waals surface area contributed by atoms with E-state index in [2.05, 4.69) is 4.98 Å². The Morgan fingerprint density at radius 1 is 1.24 bits per heavy atom. The molecule has 1 aromatic heterocycles. The molecule has 0 aliphatic rings. The van der Waals surface area contributed by atoms with Crippen LogP contribution >= 0.6 is 22.9 Å². The molecule has 29 heavy (non-hydrogen) atoms. The van der Waals surface area contributed by atoms with Gasteiger partial charge >= 0.3 is 0 Å². The Labute approximate surface area is 177 Å². The fourth-order valence-electron chi connectivity index (χ4n) is 3.04. The minimum Gasteiger partial charge on any atom is -0.308 e. The molecule has 0 saturated heterocycles. The highest BCUT2D eigenvalue weighted by Crippen LogP contribution is 2.34. The van der Waals surface area contributed by atoms with Crippen molar-refractivity contribution in [2.24, 2.45) is 0 Å². The third kappa shape index (κ3) is 4.39. The van der Waals surface area contributed by atoms with Crippen LogP contribution in [-0.2, 0) is 0 Å². The lowest BCUT2D eigenvalue weighted by atomic mass is 10.1. The molecule has 7 nitrogen and oxygen atoms in total. The third-order valence-corrected chi connectivity index (χ3v) is 5.86. The van der Waals surface area contributed by atoms with Crippen molar-refractivity contribution in [1.29, 1.82) is 0 Å². The lowest BCUT2D eigenvalue weighted by Crippen LogP contribution is -2.37. The van der Waals surface area contributed by atoms with Gasteiger partial charge in [-0.1, -0.05) is 29.0 Å². The molecule has 2 aromatic carbocycles. The topological polar surface area (TPSA) is 79.6 Å². The van der Waals surface area contributed by atoms with Gasteiger partial charge in [0.25, 0.3) is 11.6 Å². The molecule has 0 unspecified atom stereocenters. The van der Waals surface area contributed by atoms with E-state index in [0.29, 0.717) is 34.4 Å². The second kappa shape index (κ2) is 8.44. The van der Waals surface area contributed by atoms with Crippen molar-refractivity contribution in [3.8, 4) is 0 Å². The fourth-order valence-corrected chi connectivity index (χ4v) is 4.49. The van der Waals surface area contributed by atoms with Gasteiger partial charge in [0.05, 0.1) is 15.1 Å². The number of likely N-dealkylation sites (N-methyl/N-ethyl adjacent to an activating group) is 1. The van der Waals surface area contributed by atoms with Gasteiger partial charge in [0.15, 0.2) is 5.13 Å². The number of benzene rings is 2. The maximum Gasteiger partial charge on any atom is 0.273 e. The number of thiazole rings is 1. The Kier molecular flexibility index (Phi) is 6.16. The molecule has 3 aromatic rings. The fraction of sp³-hybridized carbons (Fsp3) is 0.300. The SMILES string of the molecule is Cc1c(C(=O)N(CCN(C)C)c2nc3c(C)cc(Cl)cc3s2)cccc1[N+](=O)[O-]. The van der Waals surface area contributed by atoms with E-state index < -0.39 is 4.92 Å². The number of amides is 1. The second-order valence-corrected chi connectivity index (χ2v) is 8.48. The lowest BCUT2D eigenvalue weighted by Gasteiger charge is -2.22. The molecule has 1 amide bonds. The molecule has 0 spiro atoms. The number of nitro groups is 1. The van der Waals surface area contributed by atoms with Crippen molar-refractivity contribution >= 4 is 49.9 Å². The van der Waals surface area contributed by atoms with E-state index in [1.54, 1.807) is 17.9 Å². The van der Waals surface area contributed by atoms with Crippen molar-refractivity contribution < 1.29 is 9.72 Å². The summed E-state index contributed by atoms with van der Waals surface area (Å²) in [7, 11) is 3.84. The van der Waals surface area contributed by atoms with Crippen LogP contribution < -0.4 is 4.90 Å². The van der Waals surface area contributed by atoms with Gasteiger partial charge in [-0.2, -0.15) is 0 Å². The average Bonchev–Trinajstić information content (AvgIpc) is 3.05. The van der Waals surface area contributed by atoms with Crippen LogP contribution in [0, 0.1) is 24.0 Å². The summed E-state index contributed by atoms with van der Waals surface area (Å²) in [4.78, 5) is 32.5. The molecule has 0 atom stereocenters.